The molecule has 4 nitrogen and oxygen atoms in total. The van der Waals surface area contributed by atoms with Crippen molar-refractivity contribution in [2.75, 3.05) is 5.73 Å². The number of rotatable bonds is 2. The molecule has 1 aromatic carbocycles. The van der Waals surface area contributed by atoms with Crippen LogP contribution in [0, 0.1) is 6.92 Å². The Labute approximate surface area is 103 Å². The van der Waals surface area contributed by atoms with Gasteiger partial charge in [-0.05, 0) is 30.2 Å². The minimum atomic E-state index is -2.73. The SMILES string of the molecule is Cc1cc(-c2cnn(C)c2N)cc(C(F)F)c1O. The standard InChI is InChI=1S/C12H13F2N3O/c1-6-3-7(4-8(10(6)18)11(13)14)9-5-16-17(2)12(9)15/h3-5,11,18H,15H2,1-2H3. The Hall–Kier alpha value is -2.11. The van der Waals surface area contributed by atoms with Gasteiger partial charge in [-0.15, -0.1) is 0 Å². The molecule has 0 spiro atoms. The van der Waals surface area contributed by atoms with Crippen molar-refractivity contribution in [2.45, 2.75) is 13.3 Å². The third-order valence-electron chi connectivity index (χ3n) is 2.86. The number of phenols is 1. The van der Waals surface area contributed by atoms with Gasteiger partial charge in [-0.1, -0.05) is 0 Å². The second kappa shape index (κ2) is 4.29. The second-order valence-corrected chi connectivity index (χ2v) is 4.10. The zero-order chi connectivity index (χ0) is 13.4. The predicted molar refractivity (Wildman–Crippen MR) is 64.4 cm³/mol. The number of hydrogen-bond donors (Lipinski definition) is 2. The topological polar surface area (TPSA) is 64.1 Å². The number of nitrogen functional groups attached to an aromatic ring is 1. The Balaban J connectivity index is 2.63. The van der Waals surface area contributed by atoms with Crippen LogP contribution < -0.4 is 5.73 Å². The molecule has 0 saturated carbocycles. The zero-order valence-electron chi connectivity index (χ0n) is 9.98. The Morgan fingerprint density at radius 3 is 2.56 bits per heavy atom. The fraction of sp³-hybridized carbons (Fsp3) is 0.250. The van der Waals surface area contributed by atoms with Crippen LogP contribution >= 0.6 is 0 Å². The van der Waals surface area contributed by atoms with E-state index in [-0.39, 0.29) is 5.75 Å². The molecule has 2 aromatic rings. The van der Waals surface area contributed by atoms with Crippen LogP contribution in [0.15, 0.2) is 18.3 Å². The van der Waals surface area contributed by atoms with Crippen molar-refractivity contribution in [2.24, 2.45) is 7.05 Å². The molecule has 0 aliphatic heterocycles. The largest absolute Gasteiger partial charge is 0.507 e. The van der Waals surface area contributed by atoms with Crippen LogP contribution in [0.1, 0.15) is 17.6 Å². The lowest BCUT2D eigenvalue weighted by Crippen LogP contribution is -1.98. The number of nitrogens with zero attached hydrogens (tertiary/aromatic N) is 2. The van der Waals surface area contributed by atoms with E-state index in [4.69, 9.17) is 5.73 Å². The first-order valence-electron chi connectivity index (χ1n) is 5.31. The van der Waals surface area contributed by atoms with Gasteiger partial charge >= 0.3 is 0 Å². The second-order valence-electron chi connectivity index (χ2n) is 4.10. The number of anilines is 1. The number of aromatic hydroxyl groups is 1. The first kappa shape index (κ1) is 12.3. The maximum Gasteiger partial charge on any atom is 0.267 e. The van der Waals surface area contributed by atoms with E-state index in [0.29, 0.717) is 22.5 Å². The summed E-state index contributed by atoms with van der Waals surface area (Å²) in [5.41, 5.74) is 6.88. The Kier molecular flexibility index (Phi) is 2.94. The summed E-state index contributed by atoms with van der Waals surface area (Å²) in [7, 11) is 1.67. The smallest absolute Gasteiger partial charge is 0.267 e. The van der Waals surface area contributed by atoms with Gasteiger partial charge in [-0.3, -0.25) is 4.68 Å². The van der Waals surface area contributed by atoms with E-state index in [0.717, 1.165) is 0 Å². The molecule has 1 aromatic heterocycles. The summed E-state index contributed by atoms with van der Waals surface area (Å²) in [4.78, 5) is 0. The van der Waals surface area contributed by atoms with Gasteiger partial charge in [0.05, 0.1) is 11.8 Å². The van der Waals surface area contributed by atoms with E-state index in [1.807, 2.05) is 0 Å². The Bertz CT molecular complexity index is 593. The maximum atomic E-state index is 12.8. The number of aromatic nitrogens is 2. The van der Waals surface area contributed by atoms with Crippen LogP contribution in [-0.4, -0.2) is 14.9 Å². The minimum absolute atomic E-state index is 0.379. The predicted octanol–water partition coefficient (Wildman–Crippen LogP) is 2.62. The van der Waals surface area contributed by atoms with Crippen molar-refractivity contribution in [1.82, 2.24) is 9.78 Å². The third-order valence-corrected chi connectivity index (χ3v) is 2.86. The van der Waals surface area contributed by atoms with Crippen LogP contribution in [0.4, 0.5) is 14.6 Å². The molecule has 3 N–H and O–H groups in total. The van der Waals surface area contributed by atoms with Gasteiger partial charge in [-0.25, -0.2) is 8.78 Å². The summed E-state index contributed by atoms with van der Waals surface area (Å²) in [5, 5.41) is 13.5. The lowest BCUT2D eigenvalue weighted by atomic mass is 10.0. The minimum Gasteiger partial charge on any atom is -0.507 e. The Morgan fingerprint density at radius 1 is 1.39 bits per heavy atom. The van der Waals surface area contributed by atoms with Crippen molar-refractivity contribution in [1.29, 1.82) is 0 Å². The molecule has 96 valence electrons. The lowest BCUT2D eigenvalue weighted by Gasteiger charge is -2.10. The van der Waals surface area contributed by atoms with Gasteiger partial charge < -0.3 is 10.8 Å². The fourth-order valence-corrected chi connectivity index (χ4v) is 1.80. The molecule has 2 rings (SSSR count). The first-order chi connectivity index (χ1) is 8.41. The number of alkyl halides is 2. The summed E-state index contributed by atoms with van der Waals surface area (Å²) in [6.45, 7) is 1.57. The number of phenolic OH excluding ortho intramolecular Hbond substituents is 1. The molecular formula is C12H13F2N3O. The summed E-state index contributed by atoms with van der Waals surface area (Å²) in [6, 6.07) is 2.84. The third kappa shape index (κ3) is 1.90. The van der Waals surface area contributed by atoms with Gasteiger partial charge in [0, 0.05) is 12.6 Å². The number of benzene rings is 1. The van der Waals surface area contributed by atoms with Gasteiger partial charge in [0.1, 0.15) is 11.6 Å². The normalized spacial score (nSPS) is 11.2. The molecule has 6 heteroatoms. The highest BCUT2D eigenvalue weighted by atomic mass is 19.3. The van der Waals surface area contributed by atoms with E-state index < -0.39 is 12.0 Å². The van der Waals surface area contributed by atoms with E-state index in [9.17, 15) is 13.9 Å². The molecule has 0 saturated heterocycles. The number of hydrogen-bond acceptors (Lipinski definition) is 3. The molecule has 18 heavy (non-hydrogen) atoms. The molecule has 0 amide bonds. The van der Waals surface area contributed by atoms with E-state index in [1.54, 1.807) is 20.0 Å². The first-order valence-corrected chi connectivity index (χ1v) is 5.31. The number of halogens is 2. The van der Waals surface area contributed by atoms with Gasteiger partial charge in [0.15, 0.2) is 0 Å². The molecule has 0 aliphatic carbocycles. The van der Waals surface area contributed by atoms with Crippen LogP contribution in [0.25, 0.3) is 11.1 Å². The average Bonchev–Trinajstić information content (AvgIpc) is 2.63. The van der Waals surface area contributed by atoms with Crippen LogP contribution in [0.5, 0.6) is 5.75 Å². The number of aryl methyl sites for hydroxylation is 2. The van der Waals surface area contributed by atoms with Crippen molar-refractivity contribution in [3.8, 4) is 16.9 Å². The monoisotopic (exact) mass is 253 g/mol. The molecule has 0 unspecified atom stereocenters. The molecule has 0 fully saturated rings. The highest BCUT2D eigenvalue weighted by Crippen LogP contribution is 2.36. The molecule has 1 heterocycles. The summed E-state index contributed by atoms with van der Waals surface area (Å²) >= 11 is 0. The van der Waals surface area contributed by atoms with Crippen molar-refractivity contribution < 1.29 is 13.9 Å². The van der Waals surface area contributed by atoms with E-state index >= 15 is 0 Å². The number of nitrogens with two attached hydrogens (primary N) is 1. The molecule has 0 aliphatic rings. The van der Waals surface area contributed by atoms with Crippen molar-refractivity contribution >= 4 is 5.82 Å². The van der Waals surface area contributed by atoms with Crippen molar-refractivity contribution in [3.63, 3.8) is 0 Å². The van der Waals surface area contributed by atoms with E-state index in [1.165, 1.54) is 16.9 Å². The quantitative estimate of drug-likeness (QED) is 0.864. The highest BCUT2D eigenvalue weighted by Gasteiger charge is 2.18. The fourth-order valence-electron chi connectivity index (χ4n) is 1.80. The van der Waals surface area contributed by atoms with Gasteiger partial charge in [0.25, 0.3) is 6.43 Å². The molecule has 0 atom stereocenters. The molecule has 0 radical (unpaired) electrons. The maximum absolute atomic E-state index is 12.8. The summed E-state index contributed by atoms with van der Waals surface area (Å²) < 4.78 is 27.1. The van der Waals surface area contributed by atoms with E-state index in [2.05, 4.69) is 5.10 Å². The highest BCUT2D eigenvalue weighted by molar-refractivity contribution is 5.75. The van der Waals surface area contributed by atoms with Gasteiger partial charge in [-0.2, -0.15) is 5.10 Å². The molecule has 0 bridgehead atoms. The van der Waals surface area contributed by atoms with Crippen LogP contribution in [-0.2, 0) is 7.05 Å². The van der Waals surface area contributed by atoms with Crippen LogP contribution in [0.2, 0.25) is 0 Å². The summed E-state index contributed by atoms with van der Waals surface area (Å²) in [5.74, 6) is 0.0107. The Morgan fingerprint density at radius 2 is 2.06 bits per heavy atom. The van der Waals surface area contributed by atoms with Crippen LogP contribution in [0.3, 0.4) is 0 Å². The lowest BCUT2D eigenvalue weighted by molar-refractivity contribution is 0.147. The van der Waals surface area contributed by atoms with Gasteiger partial charge in [0.2, 0.25) is 0 Å². The zero-order valence-corrected chi connectivity index (χ0v) is 9.98. The summed E-state index contributed by atoms with van der Waals surface area (Å²) in [6.07, 6.45) is -1.22. The molecular weight excluding hydrogens is 240 g/mol. The average molecular weight is 253 g/mol. The van der Waals surface area contributed by atoms with Crippen molar-refractivity contribution in [3.05, 3.63) is 29.5 Å².